The highest BCUT2D eigenvalue weighted by atomic mass is 19.1. The molecule has 0 aliphatic carbocycles. The molecule has 2 atom stereocenters. The third-order valence-corrected chi connectivity index (χ3v) is 4.61. The zero-order chi connectivity index (χ0) is 16.9. The van der Waals surface area contributed by atoms with Crippen LogP contribution in [0.25, 0.3) is 0 Å². The maximum Gasteiger partial charge on any atom is 0.223 e. The van der Waals surface area contributed by atoms with Crippen molar-refractivity contribution in [3.05, 3.63) is 59.8 Å². The fraction of sp³-hybridized carbons (Fsp3) is 0.421. The number of nitrogens with zero attached hydrogens (tertiary/aromatic N) is 1. The third kappa shape index (κ3) is 4.03. The van der Waals surface area contributed by atoms with E-state index in [0.717, 1.165) is 24.9 Å². The van der Waals surface area contributed by atoms with E-state index in [1.165, 1.54) is 12.1 Å². The van der Waals surface area contributed by atoms with Gasteiger partial charge in [0.15, 0.2) is 0 Å². The molecule has 0 unspecified atom stereocenters. The number of aryl methyl sites for hydroxylation is 1. The van der Waals surface area contributed by atoms with Crippen molar-refractivity contribution in [3.8, 4) is 0 Å². The minimum Gasteiger partial charge on any atom is -0.467 e. The monoisotopic (exact) mass is 331 g/mol. The molecule has 1 fully saturated rings. The van der Waals surface area contributed by atoms with E-state index in [2.05, 4.69) is 0 Å². The number of rotatable bonds is 6. The highest BCUT2D eigenvalue weighted by molar-refractivity contribution is 5.77. The van der Waals surface area contributed by atoms with Gasteiger partial charge in [0, 0.05) is 25.4 Å². The zero-order valence-corrected chi connectivity index (χ0v) is 13.5. The molecule has 1 amide bonds. The Bertz CT molecular complexity index is 654. The molecule has 1 aliphatic rings. The number of aliphatic hydroxyl groups is 1. The van der Waals surface area contributed by atoms with E-state index in [1.807, 2.05) is 4.90 Å². The number of carbonyl (C=O) groups is 1. The van der Waals surface area contributed by atoms with Crippen LogP contribution in [0.4, 0.5) is 4.39 Å². The normalized spacial score (nSPS) is 18.8. The van der Waals surface area contributed by atoms with E-state index in [4.69, 9.17) is 4.42 Å². The first kappa shape index (κ1) is 16.7. The first-order valence-electron chi connectivity index (χ1n) is 8.39. The molecule has 0 saturated carbocycles. The lowest BCUT2D eigenvalue weighted by Gasteiger charge is -2.26. The summed E-state index contributed by atoms with van der Waals surface area (Å²) in [5.74, 6) is 0.366. The van der Waals surface area contributed by atoms with Gasteiger partial charge in [0.25, 0.3) is 0 Å². The molecule has 5 heteroatoms. The number of amides is 1. The molecular weight excluding hydrogens is 309 g/mol. The predicted octanol–water partition coefficient (Wildman–Crippen LogP) is 3.47. The summed E-state index contributed by atoms with van der Waals surface area (Å²) in [6.07, 6.45) is 4.21. The lowest BCUT2D eigenvalue weighted by Crippen LogP contribution is -2.36. The van der Waals surface area contributed by atoms with Crippen molar-refractivity contribution in [2.75, 3.05) is 6.54 Å². The first-order chi connectivity index (χ1) is 11.6. The molecule has 1 aliphatic heterocycles. The number of furan rings is 1. The Morgan fingerprint density at radius 1 is 1.33 bits per heavy atom. The van der Waals surface area contributed by atoms with Crippen molar-refractivity contribution in [2.45, 2.75) is 44.2 Å². The van der Waals surface area contributed by atoms with E-state index in [9.17, 15) is 14.3 Å². The summed E-state index contributed by atoms with van der Waals surface area (Å²) in [6.45, 7) is 0.734. The van der Waals surface area contributed by atoms with Gasteiger partial charge in [0.05, 0.1) is 6.26 Å². The lowest BCUT2D eigenvalue weighted by molar-refractivity contribution is -0.132. The number of likely N-dealkylation sites (tertiary alicyclic amines) is 1. The van der Waals surface area contributed by atoms with Gasteiger partial charge in [-0.1, -0.05) is 12.1 Å². The van der Waals surface area contributed by atoms with Gasteiger partial charge in [-0.25, -0.2) is 4.39 Å². The second kappa shape index (κ2) is 7.62. The Balaban J connectivity index is 1.54. The summed E-state index contributed by atoms with van der Waals surface area (Å²) in [7, 11) is 0. The van der Waals surface area contributed by atoms with Crippen molar-refractivity contribution in [2.24, 2.45) is 0 Å². The zero-order valence-electron chi connectivity index (χ0n) is 13.5. The number of aliphatic hydroxyl groups excluding tert-OH is 1. The summed E-state index contributed by atoms with van der Waals surface area (Å²) in [5, 5.41) is 10.2. The fourth-order valence-electron chi connectivity index (χ4n) is 3.31. The molecule has 4 nitrogen and oxygen atoms in total. The lowest BCUT2D eigenvalue weighted by atomic mass is 10.0. The van der Waals surface area contributed by atoms with Crippen LogP contribution in [0.2, 0.25) is 0 Å². The number of carbonyl (C=O) groups excluding carboxylic acids is 1. The Morgan fingerprint density at radius 3 is 2.83 bits per heavy atom. The van der Waals surface area contributed by atoms with Gasteiger partial charge in [0.2, 0.25) is 5.91 Å². The highest BCUT2D eigenvalue weighted by Crippen LogP contribution is 2.28. The van der Waals surface area contributed by atoms with Crippen molar-refractivity contribution >= 4 is 5.91 Å². The SMILES string of the molecule is O=C(CCc1ccc(F)cc1)N1CCC[C@@H]1C[C@H](O)c1ccco1. The maximum atomic E-state index is 12.9. The average Bonchev–Trinajstić information content (AvgIpc) is 3.25. The molecule has 128 valence electrons. The average molecular weight is 331 g/mol. The van der Waals surface area contributed by atoms with Crippen LogP contribution in [-0.2, 0) is 11.2 Å². The Hall–Kier alpha value is -2.14. The first-order valence-corrected chi connectivity index (χ1v) is 8.39. The summed E-state index contributed by atoms with van der Waals surface area (Å²) in [4.78, 5) is 14.4. The van der Waals surface area contributed by atoms with Crippen LogP contribution in [-0.4, -0.2) is 28.5 Å². The number of benzene rings is 1. The largest absolute Gasteiger partial charge is 0.467 e. The molecule has 2 heterocycles. The molecule has 1 aromatic heterocycles. The Morgan fingerprint density at radius 2 is 2.12 bits per heavy atom. The van der Waals surface area contributed by atoms with Crippen LogP contribution in [0.5, 0.6) is 0 Å². The molecule has 0 spiro atoms. The molecular formula is C19H22FNO3. The standard InChI is InChI=1S/C19H22FNO3/c20-15-8-5-14(6-9-15)7-10-19(23)21-11-1-3-16(21)13-17(22)18-4-2-12-24-18/h2,4-6,8-9,12,16-17,22H,1,3,7,10-11,13H2/t16-,17+/m1/s1. The maximum absolute atomic E-state index is 12.9. The Labute approximate surface area is 140 Å². The van der Waals surface area contributed by atoms with E-state index in [-0.39, 0.29) is 17.8 Å². The second-order valence-electron chi connectivity index (χ2n) is 6.28. The van der Waals surface area contributed by atoms with E-state index in [0.29, 0.717) is 25.0 Å². The molecule has 2 aromatic rings. The smallest absolute Gasteiger partial charge is 0.223 e. The Kier molecular flexibility index (Phi) is 5.30. The van der Waals surface area contributed by atoms with Crippen molar-refractivity contribution in [1.82, 2.24) is 4.90 Å². The molecule has 0 radical (unpaired) electrons. The van der Waals surface area contributed by atoms with E-state index in [1.54, 1.807) is 30.5 Å². The molecule has 1 saturated heterocycles. The van der Waals surface area contributed by atoms with Crippen molar-refractivity contribution in [3.63, 3.8) is 0 Å². The van der Waals surface area contributed by atoms with Crippen LogP contribution in [0.1, 0.15) is 43.1 Å². The second-order valence-corrected chi connectivity index (χ2v) is 6.28. The molecule has 3 rings (SSSR count). The predicted molar refractivity (Wildman–Crippen MR) is 87.7 cm³/mol. The van der Waals surface area contributed by atoms with E-state index >= 15 is 0 Å². The molecule has 1 aromatic carbocycles. The van der Waals surface area contributed by atoms with Gasteiger partial charge in [0.1, 0.15) is 17.7 Å². The van der Waals surface area contributed by atoms with Gasteiger partial charge in [-0.3, -0.25) is 4.79 Å². The highest BCUT2D eigenvalue weighted by Gasteiger charge is 2.30. The minimum atomic E-state index is -0.685. The van der Waals surface area contributed by atoms with Gasteiger partial charge in [-0.15, -0.1) is 0 Å². The molecule has 1 N–H and O–H groups in total. The quantitative estimate of drug-likeness (QED) is 0.882. The van der Waals surface area contributed by atoms with Crippen LogP contribution < -0.4 is 0 Å². The van der Waals surface area contributed by atoms with Crippen LogP contribution in [0.3, 0.4) is 0 Å². The third-order valence-electron chi connectivity index (χ3n) is 4.61. The summed E-state index contributed by atoms with van der Waals surface area (Å²) >= 11 is 0. The van der Waals surface area contributed by atoms with Gasteiger partial charge >= 0.3 is 0 Å². The van der Waals surface area contributed by atoms with E-state index < -0.39 is 6.10 Å². The van der Waals surface area contributed by atoms with Gasteiger partial charge in [-0.2, -0.15) is 0 Å². The number of hydrogen-bond acceptors (Lipinski definition) is 3. The minimum absolute atomic E-state index is 0.0471. The summed E-state index contributed by atoms with van der Waals surface area (Å²) in [6, 6.07) is 9.80. The number of halogens is 1. The van der Waals surface area contributed by atoms with Gasteiger partial charge < -0.3 is 14.4 Å². The fourth-order valence-corrected chi connectivity index (χ4v) is 3.31. The number of hydrogen-bond donors (Lipinski definition) is 1. The topological polar surface area (TPSA) is 53.7 Å². The van der Waals surface area contributed by atoms with Crippen LogP contribution in [0.15, 0.2) is 47.1 Å². The summed E-state index contributed by atoms with van der Waals surface area (Å²) < 4.78 is 18.1. The summed E-state index contributed by atoms with van der Waals surface area (Å²) in [5.41, 5.74) is 0.955. The van der Waals surface area contributed by atoms with Crippen LogP contribution in [0, 0.1) is 5.82 Å². The van der Waals surface area contributed by atoms with Crippen LogP contribution >= 0.6 is 0 Å². The van der Waals surface area contributed by atoms with Gasteiger partial charge in [-0.05, 0) is 49.1 Å². The molecule has 24 heavy (non-hydrogen) atoms. The van der Waals surface area contributed by atoms with Crippen molar-refractivity contribution < 1.29 is 18.7 Å². The molecule has 0 bridgehead atoms. The van der Waals surface area contributed by atoms with Crippen molar-refractivity contribution in [1.29, 1.82) is 0 Å².